The Balaban J connectivity index is 2.56. The number of carbonyl (C=O) groups excluding carboxylic acids is 1. The van der Waals surface area contributed by atoms with E-state index in [2.05, 4.69) is 5.32 Å². The molecule has 1 heterocycles. The first-order valence-corrected chi connectivity index (χ1v) is 4.70. The highest BCUT2D eigenvalue weighted by Crippen LogP contribution is 2.40. The van der Waals surface area contributed by atoms with Crippen molar-refractivity contribution in [1.29, 1.82) is 0 Å². The van der Waals surface area contributed by atoms with Gasteiger partial charge in [0, 0.05) is 6.07 Å². The normalized spacial score (nSPS) is 17.0. The van der Waals surface area contributed by atoms with E-state index in [1.807, 2.05) is 0 Å². The molecule has 16 heavy (non-hydrogen) atoms. The van der Waals surface area contributed by atoms with Gasteiger partial charge in [-0.05, 0) is 19.9 Å². The molecule has 1 N–H and O–H groups in total. The largest absolute Gasteiger partial charge is 0.469 e. The molecular formula is C10H10N2O4. The SMILES string of the molecule is CC1(C)Oc2c(cccc2[N+](=O)[O-])NC1=O. The second-order valence-electron chi connectivity index (χ2n) is 3.98. The van der Waals surface area contributed by atoms with E-state index in [1.165, 1.54) is 12.1 Å². The first-order chi connectivity index (χ1) is 7.42. The van der Waals surface area contributed by atoms with E-state index >= 15 is 0 Å². The van der Waals surface area contributed by atoms with Gasteiger partial charge in [-0.25, -0.2) is 0 Å². The fourth-order valence-corrected chi connectivity index (χ4v) is 1.45. The minimum absolute atomic E-state index is 0.108. The molecule has 6 nitrogen and oxygen atoms in total. The molecule has 1 aromatic carbocycles. The minimum Gasteiger partial charge on any atom is -0.469 e. The Morgan fingerprint density at radius 2 is 2.12 bits per heavy atom. The molecular weight excluding hydrogens is 212 g/mol. The maximum Gasteiger partial charge on any atom is 0.313 e. The van der Waals surface area contributed by atoms with Crippen molar-refractivity contribution in [1.82, 2.24) is 0 Å². The summed E-state index contributed by atoms with van der Waals surface area (Å²) >= 11 is 0. The Bertz CT molecular complexity index is 482. The molecule has 1 aromatic rings. The molecule has 0 atom stereocenters. The molecule has 0 saturated heterocycles. The third-order valence-electron chi connectivity index (χ3n) is 2.34. The summed E-state index contributed by atoms with van der Waals surface area (Å²) in [5, 5.41) is 13.4. The zero-order valence-electron chi connectivity index (χ0n) is 8.81. The molecule has 0 fully saturated rings. The summed E-state index contributed by atoms with van der Waals surface area (Å²) in [7, 11) is 0. The minimum atomic E-state index is -1.10. The van der Waals surface area contributed by atoms with E-state index in [1.54, 1.807) is 19.9 Å². The number of amides is 1. The quantitative estimate of drug-likeness (QED) is 0.579. The number of para-hydroxylation sites is 1. The molecule has 1 amide bonds. The number of hydrogen-bond donors (Lipinski definition) is 1. The molecule has 0 aliphatic carbocycles. The Morgan fingerprint density at radius 3 is 2.75 bits per heavy atom. The summed E-state index contributed by atoms with van der Waals surface area (Å²) in [5.74, 6) is -0.211. The Labute approximate surface area is 91.4 Å². The molecule has 2 rings (SSSR count). The van der Waals surface area contributed by atoms with Crippen LogP contribution in [0.15, 0.2) is 18.2 Å². The van der Waals surface area contributed by atoms with E-state index in [4.69, 9.17) is 4.74 Å². The molecule has 6 heteroatoms. The lowest BCUT2D eigenvalue weighted by Crippen LogP contribution is -2.45. The number of nitrogens with one attached hydrogen (secondary N) is 1. The van der Waals surface area contributed by atoms with Gasteiger partial charge in [0.1, 0.15) is 0 Å². The third kappa shape index (κ3) is 1.48. The van der Waals surface area contributed by atoms with Gasteiger partial charge in [-0.2, -0.15) is 0 Å². The molecule has 1 aliphatic rings. The van der Waals surface area contributed by atoms with Gasteiger partial charge in [0.2, 0.25) is 5.75 Å². The fraction of sp³-hybridized carbons (Fsp3) is 0.300. The standard InChI is InChI=1S/C10H10N2O4/c1-10(2)9(13)11-6-4-3-5-7(12(14)15)8(6)16-10/h3-5H,1-2H3,(H,11,13). The highest BCUT2D eigenvalue weighted by Gasteiger charge is 2.38. The van der Waals surface area contributed by atoms with Crippen LogP contribution in [-0.4, -0.2) is 16.4 Å². The molecule has 0 saturated carbocycles. The van der Waals surface area contributed by atoms with Crippen LogP contribution in [0, 0.1) is 10.1 Å². The van der Waals surface area contributed by atoms with Gasteiger partial charge in [-0.15, -0.1) is 0 Å². The van der Waals surface area contributed by atoms with Crippen LogP contribution in [0.4, 0.5) is 11.4 Å². The van der Waals surface area contributed by atoms with Crippen LogP contribution < -0.4 is 10.1 Å². The molecule has 1 aliphatic heterocycles. The van der Waals surface area contributed by atoms with Crippen LogP contribution >= 0.6 is 0 Å². The average Bonchev–Trinajstić information content (AvgIpc) is 2.18. The second kappa shape index (κ2) is 3.19. The Morgan fingerprint density at radius 1 is 1.44 bits per heavy atom. The zero-order valence-corrected chi connectivity index (χ0v) is 8.81. The molecule has 84 valence electrons. The first kappa shape index (κ1) is 10.4. The number of anilines is 1. The van der Waals surface area contributed by atoms with Gasteiger partial charge in [-0.1, -0.05) is 6.07 Å². The topological polar surface area (TPSA) is 81.5 Å². The van der Waals surface area contributed by atoms with Crippen molar-refractivity contribution < 1.29 is 14.5 Å². The fourth-order valence-electron chi connectivity index (χ4n) is 1.45. The lowest BCUT2D eigenvalue weighted by atomic mass is 10.1. The Kier molecular flexibility index (Phi) is 2.08. The maximum atomic E-state index is 11.6. The first-order valence-electron chi connectivity index (χ1n) is 4.70. The van der Waals surface area contributed by atoms with Crippen molar-refractivity contribution in [3.63, 3.8) is 0 Å². The number of nitro groups is 1. The predicted molar refractivity (Wildman–Crippen MR) is 56.4 cm³/mol. The van der Waals surface area contributed by atoms with Crippen LogP contribution in [0.2, 0.25) is 0 Å². The number of carbonyl (C=O) groups is 1. The van der Waals surface area contributed by atoms with Gasteiger partial charge in [0.15, 0.2) is 5.60 Å². The molecule has 0 spiro atoms. The van der Waals surface area contributed by atoms with Crippen molar-refractivity contribution in [3.8, 4) is 5.75 Å². The van der Waals surface area contributed by atoms with Crippen molar-refractivity contribution in [2.75, 3.05) is 5.32 Å². The van der Waals surface area contributed by atoms with Crippen molar-refractivity contribution in [3.05, 3.63) is 28.3 Å². The van der Waals surface area contributed by atoms with Crippen LogP contribution in [0.1, 0.15) is 13.8 Å². The summed E-state index contributed by atoms with van der Waals surface area (Å²) in [6.45, 7) is 3.12. The van der Waals surface area contributed by atoms with Gasteiger partial charge in [-0.3, -0.25) is 14.9 Å². The number of nitro benzene ring substituents is 1. The van der Waals surface area contributed by atoms with Gasteiger partial charge in [0.25, 0.3) is 5.91 Å². The van der Waals surface area contributed by atoms with Crippen LogP contribution in [-0.2, 0) is 4.79 Å². The predicted octanol–water partition coefficient (Wildman–Crippen LogP) is 1.70. The van der Waals surface area contributed by atoms with Crippen LogP contribution in [0.3, 0.4) is 0 Å². The summed E-state index contributed by atoms with van der Waals surface area (Å²) in [6.07, 6.45) is 0. The second-order valence-corrected chi connectivity index (χ2v) is 3.98. The van der Waals surface area contributed by atoms with Crippen molar-refractivity contribution in [2.45, 2.75) is 19.4 Å². The van der Waals surface area contributed by atoms with Crippen molar-refractivity contribution >= 4 is 17.3 Å². The molecule has 0 unspecified atom stereocenters. The zero-order chi connectivity index (χ0) is 11.9. The van der Waals surface area contributed by atoms with Gasteiger partial charge >= 0.3 is 5.69 Å². The highest BCUT2D eigenvalue weighted by atomic mass is 16.6. The summed E-state index contributed by atoms with van der Waals surface area (Å²) in [4.78, 5) is 21.8. The van der Waals surface area contributed by atoms with Crippen molar-refractivity contribution in [2.24, 2.45) is 0 Å². The van der Waals surface area contributed by atoms with Crippen LogP contribution in [0.5, 0.6) is 5.75 Å². The van der Waals surface area contributed by atoms with Gasteiger partial charge in [0.05, 0.1) is 10.6 Å². The number of rotatable bonds is 1. The maximum absolute atomic E-state index is 11.6. The molecule has 0 radical (unpaired) electrons. The van der Waals surface area contributed by atoms with Crippen LogP contribution in [0.25, 0.3) is 0 Å². The Hall–Kier alpha value is -2.11. The van der Waals surface area contributed by atoms with Gasteiger partial charge < -0.3 is 10.1 Å². The lowest BCUT2D eigenvalue weighted by molar-refractivity contribution is -0.386. The summed E-state index contributed by atoms with van der Waals surface area (Å²) in [5.41, 5.74) is -0.914. The molecule has 0 bridgehead atoms. The number of fused-ring (bicyclic) bond motifs is 1. The number of nitrogens with zero attached hydrogens (tertiary/aromatic N) is 1. The summed E-state index contributed by atoms with van der Waals surface area (Å²) < 4.78 is 5.37. The van der Waals surface area contributed by atoms with E-state index in [-0.39, 0.29) is 17.3 Å². The number of benzene rings is 1. The van der Waals surface area contributed by atoms with E-state index in [0.717, 1.165) is 0 Å². The monoisotopic (exact) mass is 222 g/mol. The molecule has 0 aromatic heterocycles. The lowest BCUT2D eigenvalue weighted by Gasteiger charge is -2.30. The smallest absolute Gasteiger partial charge is 0.313 e. The average molecular weight is 222 g/mol. The number of hydrogen-bond acceptors (Lipinski definition) is 4. The van der Waals surface area contributed by atoms with E-state index in [9.17, 15) is 14.9 Å². The highest BCUT2D eigenvalue weighted by molar-refractivity contribution is 6.01. The number of ether oxygens (including phenoxy) is 1. The van der Waals surface area contributed by atoms with E-state index in [0.29, 0.717) is 5.69 Å². The third-order valence-corrected chi connectivity index (χ3v) is 2.34. The summed E-state index contributed by atoms with van der Waals surface area (Å²) in [6, 6.07) is 4.40. The van der Waals surface area contributed by atoms with E-state index < -0.39 is 10.5 Å².